The zero-order valence-electron chi connectivity index (χ0n) is 8.40. The Bertz CT molecular complexity index is 223. The lowest BCUT2D eigenvalue weighted by Gasteiger charge is -2.22. The van der Waals surface area contributed by atoms with E-state index in [4.69, 9.17) is 0 Å². The summed E-state index contributed by atoms with van der Waals surface area (Å²) in [4.78, 5) is 5.29. The van der Waals surface area contributed by atoms with Crippen LogP contribution in [0.25, 0.3) is 0 Å². The summed E-state index contributed by atoms with van der Waals surface area (Å²) in [6.07, 6.45) is 2.60. The summed E-state index contributed by atoms with van der Waals surface area (Å²) in [5.41, 5.74) is 1.84. The zero-order valence-corrected chi connectivity index (χ0v) is 9.21. The molecule has 74 valence electrons. The first-order valence-electron chi connectivity index (χ1n) is 4.66. The SMILES string of the molecule is CC(C)C(Cc1cncs1)C(C)O. The number of hydrogen-bond donors (Lipinski definition) is 1. The minimum atomic E-state index is -0.234. The Kier molecular flexibility index (Phi) is 3.88. The van der Waals surface area contributed by atoms with Gasteiger partial charge in [-0.3, -0.25) is 4.98 Å². The summed E-state index contributed by atoms with van der Waals surface area (Å²) in [6, 6.07) is 0. The van der Waals surface area contributed by atoms with E-state index in [1.54, 1.807) is 11.3 Å². The van der Waals surface area contributed by atoms with E-state index in [2.05, 4.69) is 18.8 Å². The van der Waals surface area contributed by atoms with Gasteiger partial charge in [-0.1, -0.05) is 13.8 Å². The molecule has 0 saturated carbocycles. The number of aromatic nitrogens is 1. The molecule has 0 saturated heterocycles. The van der Waals surface area contributed by atoms with Crippen molar-refractivity contribution in [3.05, 3.63) is 16.6 Å². The van der Waals surface area contributed by atoms with Crippen LogP contribution in [-0.4, -0.2) is 16.2 Å². The van der Waals surface area contributed by atoms with Gasteiger partial charge in [-0.2, -0.15) is 0 Å². The first-order valence-corrected chi connectivity index (χ1v) is 5.54. The molecule has 0 radical (unpaired) electrons. The van der Waals surface area contributed by atoms with Crippen LogP contribution in [-0.2, 0) is 6.42 Å². The molecular formula is C10H17NOS. The average Bonchev–Trinajstić information content (AvgIpc) is 2.50. The smallest absolute Gasteiger partial charge is 0.0794 e. The van der Waals surface area contributed by atoms with Crippen molar-refractivity contribution in [3.63, 3.8) is 0 Å². The lowest BCUT2D eigenvalue weighted by atomic mass is 9.88. The van der Waals surface area contributed by atoms with Crippen molar-refractivity contribution in [3.8, 4) is 0 Å². The fourth-order valence-electron chi connectivity index (χ4n) is 1.54. The van der Waals surface area contributed by atoms with Crippen LogP contribution >= 0.6 is 11.3 Å². The van der Waals surface area contributed by atoms with Crippen LogP contribution in [0.2, 0.25) is 0 Å². The van der Waals surface area contributed by atoms with Gasteiger partial charge >= 0.3 is 0 Å². The van der Waals surface area contributed by atoms with Gasteiger partial charge in [0.25, 0.3) is 0 Å². The Morgan fingerprint density at radius 3 is 2.54 bits per heavy atom. The van der Waals surface area contributed by atoms with Gasteiger partial charge in [-0.15, -0.1) is 11.3 Å². The van der Waals surface area contributed by atoms with Crippen molar-refractivity contribution >= 4 is 11.3 Å². The largest absolute Gasteiger partial charge is 0.393 e. The van der Waals surface area contributed by atoms with E-state index < -0.39 is 0 Å². The Balaban J connectivity index is 2.58. The summed E-state index contributed by atoms with van der Waals surface area (Å²) < 4.78 is 0. The highest BCUT2D eigenvalue weighted by atomic mass is 32.1. The molecule has 13 heavy (non-hydrogen) atoms. The van der Waals surface area contributed by atoms with Crippen LogP contribution in [0.4, 0.5) is 0 Å². The Labute approximate surface area is 83.6 Å². The molecule has 2 nitrogen and oxygen atoms in total. The molecule has 2 unspecified atom stereocenters. The highest BCUT2D eigenvalue weighted by Gasteiger charge is 2.19. The summed E-state index contributed by atoms with van der Waals surface area (Å²) in [7, 11) is 0. The number of hydrogen-bond acceptors (Lipinski definition) is 3. The van der Waals surface area contributed by atoms with Crippen molar-refractivity contribution in [1.29, 1.82) is 0 Å². The van der Waals surface area contributed by atoms with Gasteiger partial charge in [0.2, 0.25) is 0 Å². The predicted molar refractivity (Wildman–Crippen MR) is 55.8 cm³/mol. The average molecular weight is 199 g/mol. The summed E-state index contributed by atoms with van der Waals surface area (Å²) >= 11 is 1.66. The Hall–Kier alpha value is -0.410. The standard InChI is InChI=1S/C10H17NOS/c1-7(2)10(8(3)12)4-9-5-11-6-13-9/h5-8,10,12H,4H2,1-3H3. The van der Waals surface area contributed by atoms with E-state index in [1.165, 1.54) is 4.88 Å². The van der Waals surface area contributed by atoms with Gasteiger partial charge < -0.3 is 5.11 Å². The minimum absolute atomic E-state index is 0.234. The molecule has 1 rings (SSSR count). The monoisotopic (exact) mass is 199 g/mol. The molecule has 1 heterocycles. The molecule has 1 aromatic heterocycles. The van der Waals surface area contributed by atoms with Gasteiger partial charge in [0.1, 0.15) is 0 Å². The first kappa shape index (κ1) is 10.7. The topological polar surface area (TPSA) is 33.1 Å². The van der Waals surface area contributed by atoms with Crippen molar-refractivity contribution in [1.82, 2.24) is 4.98 Å². The second kappa shape index (κ2) is 4.72. The number of rotatable bonds is 4. The van der Waals surface area contributed by atoms with Crippen LogP contribution in [0.15, 0.2) is 11.7 Å². The summed E-state index contributed by atoms with van der Waals surface area (Å²) in [5, 5.41) is 9.57. The maximum absolute atomic E-state index is 9.57. The zero-order chi connectivity index (χ0) is 9.84. The normalized spacial score (nSPS) is 16.1. The number of aliphatic hydroxyl groups is 1. The predicted octanol–water partition coefficient (Wildman–Crippen LogP) is 2.34. The number of aliphatic hydroxyl groups excluding tert-OH is 1. The van der Waals surface area contributed by atoms with Crippen LogP contribution in [0.1, 0.15) is 25.6 Å². The fourth-order valence-corrected chi connectivity index (χ4v) is 2.21. The third-order valence-electron chi connectivity index (χ3n) is 2.40. The Morgan fingerprint density at radius 2 is 2.15 bits per heavy atom. The third kappa shape index (κ3) is 3.08. The van der Waals surface area contributed by atoms with E-state index in [1.807, 2.05) is 18.6 Å². The highest BCUT2D eigenvalue weighted by molar-refractivity contribution is 7.09. The van der Waals surface area contributed by atoms with Crippen LogP contribution < -0.4 is 0 Å². The van der Waals surface area contributed by atoms with E-state index in [0.29, 0.717) is 11.8 Å². The maximum atomic E-state index is 9.57. The lowest BCUT2D eigenvalue weighted by Crippen LogP contribution is -2.24. The number of thiazole rings is 1. The van der Waals surface area contributed by atoms with E-state index in [-0.39, 0.29) is 6.10 Å². The van der Waals surface area contributed by atoms with Crippen LogP contribution in [0, 0.1) is 11.8 Å². The quantitative estimate of drug-likeness (QED) is 0.807. The molecule has 3 heteroatoms. The van der Waals surface area contributed by atoms with Gasteiger partial charge in [0.15, 0.2) is 0 Å². The lowest BCUT2D eigenvalue weighted by molar-refractivity contribution is 0.0982. The maximum Gasteiger partial charge on any atom is 0.0794 e. The Morgan fingerprint density at radius 1 is 1.46 bits per heavy atom. The molecule has 0 aliphatic rings. The first-order chi connectivity index (χ1) is 6.11. The molecule has 0 aromatic carbocycles. The van der Waals surface area contributed by atoms with Crippen molar-refractivity contribution < 1.29 is 5.11 Å². The summed E-state index contributed by atoms with van der Waals surface area (Å²) in [6.45, 7) is 6.17. The molecule has 0 spiro atoms. The molecule has 0 bridgehead atoms. The van der Waals surface area contributed by atoms with Gasteiger partial charge in [0.05, 0.1) is 11.6 Å². The van der Waals surface area contributed by atoms with Crippen molar-refractivity contribution in [2.24, 2.45) is 11.8 Å². The van der Waals surface area contributed by atoms with Crippen molar-refractivity contribution in [2.45, 2.75) is 33.3 Å². The second-order valence-corrected chi connectivity index (χ2v) is 4.79. The summed E-state index contributed by atoms with van der Waals surface area (Å²) in [5.74, 6) is 0.863. The van der Waals surface area contributed by atoms with E-state index in [9.17, 15) is 5.11 Å². The molecule has 0 fully saturated rings. The van der Waals surface area contributed by atoms with Crippen LogP contribution in [0.3, 0.4) is 0 Å². The molecule has 0 aliphatic carbocycles. The van der Waals surface area contributed by atoms with Gasteiger partial charge in [-0.05, 0) is 25.2 Å². The van der Waals surface area contributed by atoms with Crippen molar-refractivity contribution in [2.75, 3.05) is 0 Å². The molecule has 0 aliphatic heterocycles. The van der Waals surface area contributed by atoms with E-state index in [0.717, 1.165) is 6.42 Å². The molecular weight excluding hydrogens is 182 g/mol. The van der Waals surface area contributed by atoms with E-state index >= 15 is 0 Å². The third-order valence-corrected chi connectivity index (χ3v) is 3.20. The fraction of sp³-hybridized carbons (Fsp3) is 0.700. The van der Waals surface area contributed by atoms with Gasteiger partial charge in [0, 0.05) is 11.1 Å². The molecule has 1 N–H and O–H groups in total. The minimum Gasteiger partial charge on any atom is -0.393 e. The van der Waals surface area contributed by atoms with Crippen LogP contribution in [0.5, 0.6) is 0 Å². The molecule has 2 atom stereocenters. The second-order valence-electron chi connectivity index (χ2n) is 3.82. The highest BCUT2D eigenvalue weighted by Crippen LogP contribution is 2.22. The van der Waals surface area contributed by atoms with Gasteiger partial charge in [-0.25, -0.2) is 0 Å². The molecule has 1 aromatic rings. The molecule has 0 amide bonds. The number of nitrogens with zero attached hydrogens (tertiary/aromatic N) is 1.